The van der Waals surface area contributed by atoms with Gasteiger partial charge in [0.2, 0.25) is 0 Å². The van der Waals surface area contributed by atoms with Crippen LogP contribution in [0.4, 0.5) is 5.69 Å². The Morgan fingerprint density at radius 2 is 2.00 bits per heavy atom. The minimum absolute atomic E-state index is 0.166. The van der Waals surface area contributed by atoms with Crippen LogP contribution in [0.2, 0.25) is 0 Å². The molecule has 0 aliphatic rings. The van der Waals surface area contributed by atoms with Gasteiger partial charge in [0.1, 0.15) is 0 Å². The number of rotatable bonds is 4. The van der Waals surface area contributed by atoms with E-state index in [1.54, 1.807) is 30.3 Å². The zero-order chi connectivity index (χ0) is 14.5. The molecule has 0 unspecified atom stereocenters. The van der Waals surface area contributed by atoms with E-state index in [1.807, 2.05) is 13.8 Å². The van der Waals surface area contributed by atoms with Crippen molar-refractivity contribution in [3.05, 3.63) is 53.5 Å². The highest BCUT2D eigenvalue weighted by molar-refractivity contribution is 6.03. The molecule has 0 radical (unpaired) electrons. The smallest absolute Gasteiger partial charge is 0.291 e. The van der Waals surface area contributed by atoms with Gasteiger partial charge >= 0.3 is 0 Å². The van der Waals surface area contributed by atoms with Crippen molar-refractivity contribution in [1.29, 1.82) is 0 Å². The number of benzene rings is 1. The van der Waals surface area contributed by atoms with E-state index in [4.69, 9.17) is 4.42 Å². The molecule has 1 aromatic carbocycles. The molecule has 0 saturated heterocycles. The minimum atomic E-state index is -0.342. The number of nitrogens with one attached hydrogen (secondary N) is 2. The van der Waals surface area contributed by atoms with E-state index >= 15 is 0 Å². The van der Waals surface area contributed by atoms with Crippen LogP contribution in [0, 0.1) is 6.92 Å². The van der Waals surface area contributed by atoms with Crippen molar-refractivity contribution >= 4 is 17.5 Å². The Hall–Kier alpha value is -2.56. The summed E-state index contributed by atoms with van der Waals surface area (Å²) in [6.45, 7) is 4.27. The summed E-state index contributed by atoms with van der Waals surface area (Å²) in [6.07, 6.45) is 1.44. The van der Waals surface area contributed by atoms with Gasteiger partial charge in [-0.05, 0) is 43.7 Å². The van der Waals surface area contributed by atoms with E-state index in [0.29, 0.717) is 17.8 Å². The second-order valence-electron chi connectivity index (χ2n) is 4.32. The average Bonchev–Trinajstić information content (AvgIpc) is 2.95. The lowest BCUT2D eigenvalue weighted by Gasteiger charge is -2.09. The van der Waals surface area contributed by atoms with Gasteiger partial charge in [0, 0.05) is 17.8 Å². The first-order valence-corrected chi connectivity index (χ1v) is 6.35. The average molecular weight is 272 g/mol. The molecule has 20 heavy (non-hydrogen) atoms. The Balaban J connectivity index is 2.21. The van der Waals surface area contributed by atoms with Crippen LogP contribution in [0.25, 0.3) is 0 Å². The molecular formula is C15H16N2O3. The normalized spacial score (nSPS) is 10.1. The third-order valence-corrected chi connectivity index (χ3v) is 2.83. The van der Waals surface area contributed by atoms with Crippen LogP contribution in [-0.4, -0.2) is 18.4 Å². The van der Waals surface area contributed by atoms with Gasteiger partial charge in [-0.3, -0.25) is 9.59 Å². The quantitative estimate of drug-likeness (QED) is 0.898. The fraction of sp³-hybridized carbons (Fsp3) is 0.200. The number of anilines is 1. The maximum absolute atomic E-state index is 11.9. The van der Waals surface area contributed by atoms with E-state index in [0.717, 1.165) is 5.56 Å². The van der Waals surface area contributed by atoms with E-state index in [-0.39, 0.29) is 17.6 Å². The summed E-state index contributed by atoms with van der Waals surface area (Å²) in [4.78, 5) is 23.7. The fourth-order valence-corrected chi connectivity index (χ4v) is 1.75. The van der Waals surface area contributed by atoms with Gasteiger partial charge < -0.3 is 15.1 Å². The monoisotopic (exact) mass is 272 g/mol. The molecule has 0 atom stereocenters. The molecule has 2 N–H and O–H groups in total. The number of furan rings is 1. The molecule has 2 aromatic rings. The van der Waals surface area contributed by atoms with Crippen molar-refractivity contribution < 1.29 is 14.0 Å². The van der Waals surface area contributed by atoms with Gasteiger partial charge in [0.15, 0.2) is 5.76 Å². The first-order valence-electron chi connectivity index (χ1n) is 6.35. The highest BCUT2D eigenvalue weighted by Gasteiger charge is 2.12. The number of carbonyl (C=O) groups excluding carboxylic acids is 2. The van der Waals surface area contributed by atoms with E-state index in [1.165, 1.54) is 6.26 Å². The maximum Gasteiger partial charge on any atom is 0.291 e. The van der Waals surface area contributed by atoms with Crippen LogP contribution in [0.1, 0.15) is 33.4 Å². The predicted octanol–water partition coefficient (Wildman–Crippen LogP) is 2.59. The van der Waals surface area contributed by atoms with Crippen molar-refractivity contribution in [3.8, 4) is 0 Å². The van der Waals surface area contributed by atoms with Crippen molar-refractivity contribution in [2.45, 2.75) is 13.8 Å². The van der Waals surface area contributed by atoms with Crippen LogP contribution in [0.15, 0.2) is 41.0 Å². The van der Waals surface area contributed by atoms with Crippen molar-refractivity contribution in [2.24, 2.45) is 0 Å². The lowest BCUT2D eigenvalue weighted by Crippen LogP contribution is -2.23. The number of amides is 2. The molecule has 0 fully saturated rings. The van der Waals surface area contributed by atoms with Crippen LogP contribution in [0.3, 0.4) is 0 Å². The van der Waals surface area contributed by atoms with Crippen LogP contribution < -0.4 is 10.6 Å². The summed E-state index contributed by atoms with van der Waals surface area (Å²) in [5.41, 5.74) is 1.97. The topological polar surface area (TPSA) is 71.3 Å². The molecule has 104 valence electrons. The third kappa shape index (κ3) is 3.06. The van der Waals surface area contributed by atoms with Crippen molar-refractivity contribution in [1.82, 2.24) is 5.32 Å². The van der Waals surface area contributed by atoms with Crippen LogP contribution >= 0.6 is 0 Å². The Labute approximate surface area is 117 Å². The summed E-state index contributed by atoms with van der Waals surface area (Å²) in [7, 11) is 0. The third-order valence-electron chi connectivity index (χ3n) is 2.83. The van der Waals surface area contributed by atoms with Gasteiger partial charge in [0.25, 0.3) is 11.8 Å². The highest BCUT2D eigenvalue weighted by atomic mass is 16.3. The minimum Gasteiger partial charge on any atom is -0.459 e. The van der Waals surface area contributed by atoms with Crippen molar-refractivity contribution in [2.75, 3.05) is 11.9 Å². The summed E-state index contributed by atoms with van der Waals surface area (Å²) < 4.78 is 5.03. The van der Waals surface area contributed by atoms with Crippen LogP contribution in [0.5, 0.6) is 0 Å². The Bertz CT molecular complexity index is 618. The molecule has 0 aliphatic carbocycles. The SMILES string of the molecule is CCNC(=O)c1ccc(C)c(NC(=O)c2ccco2)c1. The maximum atomic E-state index is 11.9. The molecule has 1 aromatic heterocycles. The van der Waals surface area contributed by atoms with Crippen molar-refractivity contribution in [3.63, 3.8) is 0 Å². The summed E-state index contributed by atoms with van der Waals surface area (Å²) in [6, 6.07) is 8.40. The van der Waals surface area contributed by atoms with Gasteiger partial charge in [-0.25, -0.2) is 0 Å². The number of aryl methyl sites for hydroxylation is 1. The zero-order valence-electron chi connectivity index (χ0n) is 11.4. The molecule has 0 bridgehead atoms. The van der Waals surface area contributed by atoms with Gasteiger partial charge in [-0.1, -0.05) is 6.07 Å². The van der Waals surface area contributed by atoms with Gasteiger partial charge in [-0.15, -0.1) is 0 Å². The number of hydrogen-bond donors (Lipinski definition) is 2. The number of carbonyl (C=O) groups is 2. The lowest BCUT2D eigenvalue weighted by molar-refractivity contribution is 0.0953. The Morgan fingerprint density at radius 3 is 2.65 bits per heavy atom. The Kier molecular flexibility index (Phi) is 4.20. The largest absolute Gasteiger partial charge is 0.459 e. The van der Waals surface area contributed by atoms with Crippen LogP contribution in [-0.2, 0) is 0 Å². The molecule has 0 aliphatic heterocycles. The predicted molar refractivity (Wildman–Crippen MR) is 75.8 cm³/mol. The molecule has 0 spiro atoms. The molecule has 5 nitrogen and oxygen atoms in total. The second kappa shape index (κ2) is 6.06. The van der Waals surface area contributed by atoms with Gasteiger partial charge in [-0.2, -0.15) is 0 Å². The van der Waals surface area contributed by atoms with E-state index in [2.05, 4.69) is 10.6 Å². The first kappa shape index (κ1) is 13.9. The number of hydrogen-bond acceptors (Lipinski definition) is 3. The zero-order valence-corrected chi connectivity index (χ0v) is 11.4. The standard InChI is InChI=1S/C15H16N2O3/c1-3-16-14(18)11-7-6-10(2)12(9-11)17-15(19)13-5-4-8-20-13/h4-9H,3H2,1-2H3,(H,16,18)(H,17,19). The molecule has 5 heteroatoms. The highest BCUT2D eigenvalue weighted by Crippen LogP contribution is 2.18. The first-order chi connectivity index (χ1) is 9.61. The fourth-order valence-electron chi connectivity index (χ4n) is 1.75. The Morgan fingerprint density at radius 1 is 1.20 bits per heavy atom. The summed E-state index contributed by atoms with van der Waals surface area (Å²) in [5.74, 6) is -0.278. The molecule has 0 saturated carbocycles. The molecule has 1 heterocycles. The second-order valence-corrected chi connectivity index (χ2v) is 4.32. The van der Waals surface area contributed by atoms with E-state index in [9.17, 15) is 9.59 Å². The van der Waals surface area contributed by atoms with Gasteiger partial charge in [0.05, 0.1) is 6.26 Å². The lowest BCUT2D eigenvalue weighted by atomic mass is 10.1. The molecule has 2 rings (SSSR count). The van der Waals surface area contributed by atoms with E-state index < -0.39 is 0 Å². The summed E-state index contributed by atoms with van der Waals surface area (Å²) in [5, 5.41) is 5.46. The summed E-state index contributed by atoms with van der Waals surface area (Å²) >= 11 is 0. The molecular weight excluding hydrogens is 256 g/mol. The molecule has 2 amide bonds.